The van der Waals surface area contributed by atoms with E-state index in [9.17, 15) is 4.79 Å². The lowest BCUT2D eigenvalue weighted by atomic mass is 10.0. The number of amides is 1. The van der Waals surface area contributed by atoms with Crippen LogP contribution in [0.15, 0.2) is 89.9 Å². The van der Waals surface area contributed by atoms with E-state index in [0.29, 0.717) is 30.4 Å². The average Bonchev–Trinajstić information content (AvgIpc) is 3.52. The Morgan fingerprint density at radius 2 is 1.51 bits per heavy atom. The number of carbonyl (C=O) groups excluding carboxylic acids is 1. The molecule has 2 aliphatic rings. The summed E-state index contributed by atoms with van der Waals surface area (Å²) in [6.45, 7) is 5.68. The molecule has 1 aromatic heterocycles. The van der Waals surface area contributed by atoms with Crippen molar-refractivity contribution in [1.29, 1.82) is 0 Å². The molecule has 0 fully saturated rings. The molecule has 0 saturated carbocycles. The summed E-state index contributed by atoms with van der Waals surface area (Å²) in [4.78, 5) is 22.4. The number of rotatable bonds is 6. The van der Waals surface area contributed by atoms with E-state index in [4.69, 9.17) is 10.1 Å². The normalized spacial score (nSPS) is 16.7. The lowest BCUT2D eigenvalue weighted by Crippen LogP contribution is -2.48. The molecular weight excluding hydrogens is 458 g/mol. The van der Waals surface area contributed by atoms with Crippen LogP contribution >= 0.6 is 0 Å². The molecule has 1 atom stereocenters. The minimum Gasteiger partial charge on any atom is -0.292 e. The van der Waals surface area contributed by atoms with Crippen LogP contribution in [0.5, 0.6) is 0 Å². The Morgan fingerprint density at radius 1 is 0.865 bits per heavy atom. The maximum absolute atomic E-state index is 13.7. The highest BCUT2D eigenvalue weighted by molar-refractivity contribution is 6.19. The summed E-state index contributed by atoms with van der Waals surface area (Å²) in [6.07, 6.45) is 0.638. The number of anilines is 1. The number of aromatic nitrogens is 2. The summed E-state index contributed by atoms with van der Waals surface area (Å²) in [5.74, 6) is 1.79. The summed E-state index contributed by atoms with van der Waals surface area (Å²) < 4.78 is 2.02. The molecule has 0 saturated heterocycles. The Labute approximate surface area is 217 Å². The van der Waals surface area contributed by atoms with E-state index in [1.54, 1.807) is 4.90 Å². The molecule has 0 bridgehead atoms. The van der Waals surface area contributed by atoms with E-state index >= 15 is 0 Å². The predicted octanol–water partition coefficient (Wildman–Crippen LogP) is 5.48. The van der Waals surface area contributed by atoms with Crippen molar-refractivity contribution in [2.24, 2.45) is 10.9 Å². The van der Waals surface area contributed by atoms with Crippen LogP contribution in [0.25, 0.3) is 11.1 Å². The van der Waals surface area contributed by atoms with Crippen molar-refractivity contribution < 1.29 is 4.79 Å². The van der Waals surface area contributed by atoms with Crippen LogP contribution in [-0.4, -0.2) is 46.2 Å². The number of aliphatic imine (C=N–C) groups is 1. The third kappa shape index (κ3) is 4.22. The second-order valence-electron chi connectivity index (χ2n) is 10.2. The number of hydrogen-bond acceptors (Lipinski definition) is 4. The molecular formula is C31H31N5O. The quantitative estimate of drug-likeness (QED) is 0.361. The molecule has 2 aliphatic heterocycles. The van der Waals surface area contributed by atoms with Gasteiger partial charge >= 0.3 is 0 Å². The second-order valence-corrected chi connectivity index (χ2v) is 10.2. The summed E-state index contributed by atoms with van der Waals surface area (Å²) >= 11 is 0. The Bertz CT molecular complexity index is 1450. The molecule has 0 aliphatic carbocycles. The van der Waals surface area contributed by atoms with Gasteiger partial charge in [-0.05, 0) is 28.2 Å². The van der Waals surface area contributed by atoms with Gasteiger partial charge in [-0.15, -0.1) is 0 Å². The van der Waals surface area contributed by atoms with Crippen LogP contribution < -0.4 is 4.90 Å². The Balaban J connectivity index is 1.40. The molecule has 0 radical (unpaired) electrons. The van der Waals surface area contributed by atoms with Crippen molar-refractivity contribution in [3.05, 3.63) is 107 Å². The number of carbonyl (C=O) groups is 1. The molecule has 4 aromatic rings. The molecule has 3 aromatic carbocycles. The Morgan fingerprint density at radius 3 is 2.19 bits per heavy atom. The topological polar surface area (TPSA) is 53.7 Å². The van der Waals surface area contributed by atoms with E-state index in [-0.39, 0.29) is 11.9 Å². The van der Waals surface area contributed by atoms with Crippen molar-refractivity contribution in [2.75, 3.05) is 18.5 Å². The van der Waals surface area contributed by atoms with E-state index < -0.39 is 0 Å². The zero-order chi connectivity index (χ0) is 25.5. The minimum atomic E-state index is -0.0361. The molecule has 3 heterocycles. The maximum Gasteiger partial charge on any atom is 0.266 e. The number of fused-ring (bicyclic) bond motifs is 3. The molecule has 186 valence electrons. The standard InChI is InChI=1S/C31H31N5O/c1-21(2)26-20-35-29-28(30(37)34(3)31(35)32-26)27(18-22-10-6-4-7-11-22)36(33-29)19-23-14-16-25(17-15-23)24-12-8-5-9-13-24/h4-17,21,26H,18-20H2,1-3H3. The fourth-order valence-corrected chi connectivity index (χ4v) is 5.19. The number of guanidine groups is 1. The lowest BCUT2D eigenvalue weighted by Gasteiger charge is -2.30. The van der Waals surface area contributed by atoms with Crippen LogP contribution in [0.4, 0.5) is 5.82 Å². The highest BCUT2D eigenvalue weighted by Gasteiger charge is 2.43. The van der Waals surface area contributed by atoms with Crippen molar-refractivity contribution in [3.63, 3.8) is 0 Å². The fourth-order valence-electron chi connectivity index (χ4n) is 5.19. The van der Waals surface area contributed by atoms with Gasteiger partial charge < -0.3 is 0 Å². The number of hydrogen-bond donors (Lipinski definition) is 0. The molecule has 6 rings (SSSR count). The monoisotopic (exact) mass is 489 g/mol. The molecule has 1 amide bonds. The Hall–Kier alpha value is -4.19. The van der Waals surface area contributed by atoms with Gasteiger partial charge in [0.25, 0.3) is 5.91 Å². The van der Waals surface area contributed by atoms with Gasteiger partial charge in [-0.2, -0.15) is 5.10 Å². The third-order valence-electron chi connectivity index (χ3n) is 7.38. The smallest absolute Gasteiger partial charge is 0.266 e. The van der Waals surface area contributed by atoms with Gasteiger partial charge in [0.05, 0.1) is 24.8 Å². The Kier molecular flexibility index (Phi) is 5.87. The first kappa shape index (κ1) is 23.2. The van der Waals surface area contributed by atoms with Crippen LogP contribution in [-0.2, 0) is 13.0 Å². The van der Waals surface area contributed by atoms with Crippen molar-refractivity contribution >= 4 is 17.7 Å². The summed E-state index contributed by atoms with van der Waals surface area (Å²) in [5, 5.41) is 5.06. The first-order valence-corrected chi connectivity index (χ1v) is 12.9. The van der Waals surface area contributed by atoms with Crippen molar-refractivity contribution in [3.8, 4) is 11.1 Å². The second kappa shape index (κ2) is 9.36. The molecule has 37 heavy (non-hydrogen) atoms. The SMILES string of the molecule is CC(C)C1CN2C(=N1)N(C)C(=O)c1c2nn(Cc2ccc(-c3ccccc3)cc2)c1Cc1ccccc1. The van der Waals surface area contributed by atoms with E-state index in [1.807, 2.05) is 36.0 Å². The van der Waals surface area contributed by atoms with Gasteiger partial charge in [-0.1, -0.05) is 98.8 Å². The fraction of sp³-hybridized carbons (Fsp3) is 0.258. The molecule has 6 heteroatoms. The van der Waals surface area contributed by atoms with Crippen molar-refractivity contribution in [1.82, 2.24) is 14.7 Å². The van der Waals surface area contributed by atoms with Gasteiger partial charge in [0.2, 0.25) is 5.96 Å². The first-order chi connectivity index (χ1) is 18.0. The van der Waals surface area contributed by atoms with Crippen LogP contribution in [0.1, 0.15) is 41.0 Å². The molecule has 0 N–H and O–H groups in total. The zero-order valence-corrected chi connectivity index (χ0v) is 21.5. The number of benzene rings is 3. The predicted molar refractivity (Wildman–Crippen MR) is 148 cm³/mol. The molecule has 0 spiro atoms. The van der Waals surface area contributed by atoms with Crippen LogP contribution in [0.2, 0.25) is 0 Å². The van der Waals surface area contributed by atoms with E-state index in [0.717, 1.165) is 29.2 Å². The van der Waals surface area contributed by atoms with Gasteiger partial charge in [-0.3, -0.25) is 19.3 Å². The number of nitrogens with zero attached hydrogens (tertiary/aromatic N) is 5. The highest BCUT2D eigenvalue weighted by Crippen LogP contribution is 2.35. The maximum atomic E-state index is 13.7. The highest BCUT2D eigenvalue weighted by atomic mass is 16.2. The van der Waals surface area contributed by atoms with Crippen LogP contribution in [0, 0.1) is 5.92 Å². The van der Waals surface area contributed by atoms with Gasteiger partial charge in [0.15, 0.2) is 5.82 Å². The largest absolute Gasteiger partial charge is 0.292 e. The molecule has 1 unspecified atom stereocenters. The summed E-state index contributed by atoms with van der Waals surface area (Å²) in [7, 11) is 1.83. The van der Waals surface area contributed by atoms with Gasteiger partial charge in [-0.25, -0.2) is 4.99 Å². The molecule has 6 nitrogen and oxygen atoms in total. The summed E-state index contributed by atoms with van der Waals surface area (Å²) in [6, 6.07) is 29.5. The zero-order valence-electron chi connectivity index (χ0n) is 21.5. The average molecular weight is 490 g/mol. The van der Waals surface area contributed by atoms with E-state index in [1.165, 1.54) is 11.1 Å². The minimum absolute atomic E-state index is 0.0361. The van der Waals surface area contributed by atoms with Gasteiger partial charge in [0, 0.05) is 13.5 Å². The van der Waals surface area contributed by atoms with Gasteiger partial charge in [0.1, 0.15) is 5.56 Å². The van der Waals surface area contributed by atoms with Crippen LogP contribution in [0.3, 0.4) is 0 Å². The van der Waals surface area contributed by atoms with Crippen molar-refractivity contribution in [2.45, 2.75) is 32.9 Å². The third-order valence-corrected chi connectivity index (χ3v) is 7.38. The summed E-state index contributed by atoms with van der Waals surface area (Å²) in [5.41, 5.74) is 6.31. The lowest BCUT2D eigenvalue weighted by molar-refractivity contribution is 0.0864. The first-order valence-electron chi connectivity index (χ1n) is 12.9. The van der Waals surface area contributed by atoms with E-state index in [2.05, 4.69) is 79.4 Å².